The van der Waals surface area contributed by atoms with E-state index >= 15 is 0 Å². The summed E-state index contributed by atoms with van der Waals surface area (Å²) in [5, 5.41) is 16.1. The molecule has 0 unspecified atom stereocenters. The number of hydrogen-bond acceptors (Lipinski definition) is 7. The third kappa shape index (κ3) is 10.3. The number of nitrogens with zero attached hydrogens (tertiary/aromatic N) is 2. The van der Waals surface area contributed by atoms with Crippen molar-refractivity contribution in [3.8, 4) is 5.75 Å². The number of sulfonamides is 1. The fourth-order valence-corrected chi connectivity index (χ4v) is 6.34. The number of carbonyl (C=O) groups excluding carboxylic acids is 2. The van der Waals surface area contributed by atoms with Gasteiger partial charge in [0.05, 0.1) is 35.3 Å². The summed E-state index contributed by atoms with van der Waals surface area (Å²) < 4.78 is 40.5. The molecule has 0 fully saturated rings. The van der Waals surface area contributed by atoms with Crippen molar-refractivity contribution in [1.82, 2.24) is 14.5 Å². The Labute approximate surface area is 272 Å². The van der Waals surface area contributed by atoms with Gasteiger partial charge in [-0.15, -0.1) is 0 Å². The number of benzene rings is 2. The van der Waals surface area contributed by atoms with E-state index in [-0.39, 0.29) is 48.2 Å². The van der Waals surface area contributed by atoms with Crippen molar-refractivity contribution in [2.75, 3.05) is 38.7 Å². The van der Waals surface area contributed by atoms with Crippen LogP contribution in [0.4, 0.5) is 10.5 Å². The van der Waals surface area contributed by atoms with Crippen LogP contribution in [-0.2, 0) is 14.8 Å². The van der Waals surface area contributed by atoms with Gasteiger partial charge in [-0.25, -0.2) is 13.2 Å². The van der Waals surface area contributed by atoms with E-state index in [9.17, 15) is 23.1 Å². The number of carbonyl (C=O) groups is 2. The number of fused-ring (bicyclic) bond motifs is 1. The van der Waals surface area contributed by atoms with Gasteiger partial charge < -0.3 is 30.1 Å². The molecule has 1 aliphatic rings. The van der Waals surface area contributed by atoms with Gasteiger partial charge in [-0.1, -0.05) is 18.5 Å². The number of aliphatic hydroxyl groups is 1. The number of halogens is 1. The Kier molecular flexibility index (Phi) is 13.5. The van der Waals surface area contributed by atoms with E-state index in [1.807, 2.05) is 27.7 Å². The van der Waals surface area contributed by atoms with Crippen molar-refractivity contribution in [3.63, 3.8) is 0 Å². The van der Waals surface area contributed by atoms with Gasteiger partial charge in [-0.2, -0.15) is 4.31 Å². The molecule has 11 nitrogen and oxygen atoms in total. The molecule has 0 saturated heterocycles. The third-order valence-corrected chi connectivity index (χ3v) is 9.78. The number of likely N-dealkylation sites (N-methyl/N-ethyl adjacent to an activating group) is 1. The number of urea groups is 1. The second-order valence-electron chi connectivity index (χ2n) is 12.0. The number of rotatable bonds is 8. The first kappa shape index (κ1) is 36.6. The van der Waals surface area contributed by atoms with Crippen molar-refractivity contribution < 1.29 is 32.6 Å². The zero-order chi connectivity index (χ0) is 33.3. The highest BCUT2D eigenvalue weighted by atomic mass is 35.5. The monoisotopic (exact) mass is 666 g/mol. The summed E-state index contributed by atoms with van der Waals surface area (Å²) in [5.74, 6) is -0.338. The van der Waals surface area contributed by atoms with Crippen LogP contribution in [0.15, 0.2) is 47.4 Å². The average molecular weight is 667 g/mol. The van der Waals surface area contributed by atoms with Gasteiger partial charge in [0.1, 0.15) is 5.75 Å². The fourth-order valence-electron chi connectivity index (χ4n) is 5.03. The Morgan fingerprint density at radius 3 is 2.47 bits per heavy atom. The summed E-state index contributed by atoms with van der Waals surface area (Å²) in [6.07, 6.45) is 1.47. The van der Waals surface area contributed by atoms with Gasteiger partial charge in [-0.05, 0) is 89.4 Å². The topological polar surface area (TPSA) is 138 Å². The molecule has 3 rings (SSSR count). The molecule has 45 heavy (non-hydrogen) atoms. The number of amides is 3. The smallest absolute Gasteiger partial charge is 0.319 e. The first-order chi connectivity index (χ1) is 21.2. The summed E-state index contributed by atoms with van der Waals surface area (Å²) in [7, 11) is -2.33. The molecule has 0 aromatic heterocycles. The Hall–Kier alpha value is -2.90. The van der Waals surface area contributed by atoms with Gasteiger partial charge in [-0.3, -0.25) is 4.79 Å². The zero-order valence-electron chi connectivity index (χ0n) is 27.0. The zero-order valence-corrected chi connectivity index (χ0v) is 28.5. The molecule has 4 atom stereocenters. The number of ether oxygens (including phenoxy) is 2. The van der Waals surface area contributed by atoms with Crippen LogP contribution in [0, 0.1) is 5.92 Å². The van der Waals surface area contributed by atoms with Crippen LogP contribution in [0.1, 0.15) is 64.2 Å². The molecule has 0 saturated carbocycles. The molecule has 2 aromatic carbocycles. The largest absolute Gasteiger partial charge is 0.490 e. The van der Waals surface area contributed by atoms with E-state index in [1.54, 1.807) is 30.0 Å². The van der Waals surface area contributed by atoms with E-state index < -0.39 is 34.1 Å². The molecule has 2 aromatic rings. The summed E-state index contributed by atoms with van der Waals surface area (Å²) in [6, 6.07) is 9.88. The third-order valence-electron chi connectivity index (χ3n) is 7.69. The molecule has 1 heterocycles. The Bertz CT molecular complexity index is 1390. The maximum atomic E-state index is 14.2. The fraction of sp³-hybridized carbons (Fsp3) is 0.562. The van der Waals surface area contributed by atoms with Crippen LogP contribution < -0.4 is 15.4 Å². The summed E-state index contributed by atoms with van der Waals surface area (Å²) in [4.78, 5) is 28.3. The molecule has 250 valence electrons. The quantitative estimate of drug-likeness (QED) is 0.361. The lowest BCUT2D eigenvalue weighted by Gasteiger charge is -2.35. The van der Waals surface area contributed by atoms with E-state index in [2.05, 4.69) is 10.6 Å². The van der Waals surface area contributed by atoms with Crippen molar-refractivity contribution in [3.05, 3.63) is 53.1 Å². The molecule has 1 aliphatic heterocycles. The van der Waals surface area contributed by atoms with Crippen molar-refractivity contribution in [2.24, 2.45) is 5.92 Å². The highest BCUT2D eigenvalue weighted by molar-refractivity contribution is 7.89. The predicted molar refractivity (Wildman–Crippen MR) is 175 cm³/mol. The number of hydrogen-bond donors (Lipinski definition) is 3. The van der Waals surface area contributed by atoms with Crippen LogP contribution in [0.25, 0.3) is 0 Å². The lowest BCUT2D eigenvalue weighted by molar-refractivity contribution is -0.00833. The van der Waals surface area contributed by atoms with E-state index in [0.29, 0.717) is 29.5 Å². The minimum Gasteiger partial charge on any atom is -0.490 e. The molecular formula is C32H47ClN4O7S. The maximum absolute atomic E-state index is 14.2. The van der Waals surface area contributed by atoms with Crippen LogP contribution in [-0.4, -0.2) is 92.3 Å². The standard InChI is InChI=1S/C32H47ClN4O7S/c1-21(2)34-32(40)35-26-12-15-29-28(17-26)31(39)37(23(4)20-38)18-22(3)30(43-16-8-7-9-24(5)44-29)19-36(6)45(41,42)27-13-10-25(33)11-14-27/h10-15,17,21-24,30,38H,7-9,16,18-20H2,1-6H3,(H2,34,35,40)/t22-,23+,24+,30-/m1/s1. The van der Waals surface area contributed by atoms with Crippen molar-refractivity contribution in [2.45, 2.75) is 83.1 Å². The second kappa shape index (κ2) is 16.6. The first-order valence-corrected chi connectivity index (χ1v) is 17.2. The van der Waals surface area contributed by atoms with Crippen LogP contribution in [0.5, 0.6) is 5.75 Å². The van der Waals surface area contributed by atoms with Crippen LogP contribution in [0.2, 0.25) is 5.02 Å². The lowest BCUT2D eigenvalue weighted by Crippen LogP contribution is -2.48. The van der Waals surface area contributed by atoms with Gasteiger partial charge in [0, 0.05) is 49.4 Å². The minimum atomic E-state index is -3.84. The molecule has 0 bridgehead atoms. The minimum absolute atomic E-state index is 0.0524. The average Bonchev–Trinajstić information content (AvgIpc) is 2.98. The number of aliphatic hydroxyl groups excluding tert-OH is 1. The highest BCUT2D eigenvalue weighted by Crippen LogP contribution is 2.29. The normalized spacial score (nSPS) is 21.1. The summed E-state index contributed by atoms with van der Waals surface area (Å²) in [6.45, 7) is 9.59. The molecular weight excluding hydrogens is 620 g/mol. The lowest BCUT2D eigenvalue weighted by atomic mass is 10.0. The summed E-state index contributed by atoms with van der Waals surface area (Å²) >= 11 is 5.97. The van der Waals surface area contributed by atoms with Crippen molar-refractivity contribution >= 4 is 39.2 Å². The molecule has 3 N–H and O–H groups in total. The van der Waals surface area contributed by atoms with Gasteiger partial charge >= 0.3 is 6.03 Å². The van der Waals surface area contributed by atoms with E-state index in [0.717, 1.165) is 12.8 Å². The second-order valence-corrected chi connectivity index (χ2v) is 14.5. The summed E-state index contributed by atoms with van der Waals surface area (Å²) in [5.41, 5.74) is 0.658. The van der Waals surface area contributed by atoms with E-state index in [1.165, 1.54) is 35.6 Å². The Morgan fingerprint density at radius 2 is 1.82 bits per heavy atom. The molecule has 3 amide bonds. The first-order valence-electron chi connectivity index (χ1n) is 15.4. The Morgan fingerprint density at radius 1 is 1.13 bits per heavy atom. The van der Waals surface area contributed by atoms with E-state index in [4.69, 9.17) is 21.1 Å². The van der Waals surface area contributed by atoms with Crippen LogP contribution >= 0.6 is 11.6 Å². The Balaban J connectivity index is 1.96. The highest BCUT2D eigenvalue weighted by Gasteiger charge is 2.32. The SMILES string of the molecule is CC(C)NC(=O)Nc1ccc2c(c1)C(=O)N([C@@H](C)CO)C[C@@H](C)[C@@H](CN(C)S(=O)(=O)c1ccc(Cl)cc1)OCCCC[C@H](C)O2. The van der Waals surface area contributed by atoms with Gasteiger partial charge in [0.2, 0.25) is 10.0 Å². The molecule has 0 radical (unpaired) electrons. The molecule has 13 heteroatoms. The van der Waals surface area contributed by atoms with Crippen molar-refractivity contribution in [1.29, 1.82) is 0 Å². The maximum Gasteiger partial charge on any atom is 0.319 e. The van der Waals surface area contributed by atoms with Crippen LogP contribution in [0.3, 0.4) is 0 Å². The molecule has 0 spiro atoms. The predicted octanol–water partition coefficient (Wildman–Crippen LogP) is 4.99. The number of anilines is 1. The molecule has 0 aliphatic carbocycles. The van der Waals surface area contributed by atoms with Gasteiger partial charge in [0.15, 0.2) is 0 Å². The van der Waals surface area contributed by atoms with Gasteiger partial charge in [0.25, 0.3) is 5.91 Å². The number of nitrogens with one attached hydrogen (secondary N) is 2.